The highest BCUT2D eigenvalue weighted by atomic mass is 16.6. The summed E-state index contributed by atoms with van der Waals surface area (Å²) in [5.74, 6) is 0. The molecule has 24 heavy (non-hydrogen) atoms. The average molecular weight is 331 g/mol. The molecule has 3 fully saturated rings. The van der Waals surface area contributed by atoms with E-state index in [0.29, 0.717) is 6.10 Å². The van der Waals surface area contributed by atoms with E-state index in [1.54, 1.807) is 0 Å². The van der Waals surface area contributed by atoms with Crippen molar-refractivity contribution in [3.63, 3.8) is 0 Å². The second-order valence-electron chi connectivity index (χ2n) is 7.55. The Balaban J connectivity index is 1.37. The van der Waals surface area contributed by atoms with E-state index in [-0.39, 0.29) is 5.60 Å². The fourth-order valence-corrected chi connectivity index (χ4v) is 4.34. The van der Waals surface area contributed by atoms with Crippen LogP contribution < -0.4 is 0 Å². The van der Waals surface area contributed by atoms with Gasteiger partial charge in [0.15, 0.2) is 0 Å². The average Bonchev–Trinajstić information content (AvgIpc) is 3.19. The Kier molecular flexibility index (Phi) is 5.13. The van der Waals surface area contributed by atoms with Crippen LogP contribution in [0.1, 0.15) is 31.4 Å². The van der Waals surface area contributed by atoms with Crippen LogP contribution in [-0.2, 0) is 16.0 Å². The minimum absolute atomic E-state index is 0.115. The van der Waals surface area contributed by atoms with Gasteiger partial charge in [-0.15, -0.1) is 0 Å². The van der Waals surface area contributed by atoms with Crippen LogP contribution in [0.25, 0.3) is 0 Å². The predicted molar refractivity (Wildman–Crippen MR) is 92.8 cm³/mol. The van der Waals surface area contributed by atoms with E-state index in [1.807, 2.05) is 12.3 Å². The molecule has 1 aromatic rings. The molecule has 0 unspecified atom stereocenters. The van der Waals surface area contributed by atoms with Gasteiger partial charge in [-0.05, 0) is 50.9 Å². The normalized spacial score (nSPS) is 32.4. The molecular formula is C19H29N3O2. The Morgan fingerprint density at radius 2 is 2.08 bits per heavy atom. The molecule has 4 heterocycles. The highest BCUT2D eigenvalue weighted by Crippen LogP contribution is 2.34. The lowest BCUT2D eigenvalue weighted by atomic mass is 10.00. The van der Waals surface area contributed by atoms with Crippen LogP contribution >= 0.6 is 0 Å². The third-order valence-electron chi connectivity index (χ3n) is 5.54. The molecular weight excluding hydrogens is 302 g/mol. The molecule has 1 spiro atoms. The van der Waals surface area contributed by atoms with Crippen LogP contribution in [-0.4, -0.2) is 72.4 Å². The maximum Gasteiger partial charge on any atom is 0.105 e. The van der Waals surface area contributed by atoms with Gasteiger partial charge in [-0.2, -0.15) is 0 Å². The van der Waals surface area contributed by atoms with Crippen molar-refractivity contribution in [3.05, 3.63) is 30.1 Å². The van der Waals surface area contributed by atoms with E-state index in [9.17, 15) is 0 Å². The van der Waals surface area contributed by atoms with Crippen molar-refractivity contribution in [1.82, 2.24) is 14.8 Å². The molecule has 3 aliphatic rings. The number of aromatic nitrogens is 1. The van der Waals surface area contributed by atoms with Crippen molar-refractivity contribution in [1.29, 1.82) is 0 Å². The van der Waals surface area contributed by atoms with E-state index in [4.69, 9.17) is 9.47 Å². The molecule has 0 saturated carbocycles. The van der Waals surface area contributed by atoms with Crippen LogP contribution in [0.4, 0.5) is 0 Å². The van der Waals surface area contributed by atoms with E-state index < -0.39 is 0 Å². The highest BCUT2D eigenvalue weighted by Gasteiger charge is 2.43. The predicted octanol–water partition coefficient (Wildman–Crippen LogP) is 1.93. The topological polar surface area (TPSA) is 37.8 Å². The lowest BCUT2D eigenvalue weighted by molar-refractivity contribution is -0.0914. The maximum atomic E-state index is 6.57. The van der Waals surface area contributed by atoms with Crippen molar-refractivity contribution >= 4 is 0 Å². The number of nitrogens with zero attached hydrogens (tertiary/aromatic N) is 3. The SMILES string of the molecule is c1ccc(CN2CCOC[C@]3(CC[C@@H](CN4CCCC4)O3)C2)nc1. The Morgan fingerprint density at radius 3 is 2.92 bits per heavy atom. The Hall–Kier alpha value is -1.01. The standard InChI is InChI=1S/C19H29N3O2/c1-2-8-20-17(5-1)13-22-11-12-23-16-19(15-22)7-6-18(24-19)14-21-9-3-4-10-21/h1-2,5,8,18H,3-4,6-7,9-16H2/t18-,19-/m0/s1. The summed E-state index contributed by atoms with van der Waals surface area (Å²) >= 11 is 0. The van der Waals surface area contributed by atoms with Crippen LogP contribution in [0.3, 0.4) is 0 Å². The molecule has 0 bridgehead atoms. The summed E-state index contributed by atoms with van der Waals surface area (Å²) in [5, 5.41) is 0. The van der Waals surface area contributed by atoms with Crippen molar-refractivity contribution < 1.29 is 9.47 Å². The molecule has 132 valence electrons. The smallest absolute Gasteiger partial charge is 0.105 e. The van der Waals surface area contributed by atoms with Gasteiger partial charge in [-0.3, -0.25) is 9.88 Å². The third-order valence-corrected chi connectivity index (χ3v) is 5.54. The minimum atomic E-state index is -0.115. The van der Waals surface area contributed by atoms with Gasteiger partial charge < -0.3 is 14.4 Å². The molecule has 3 saturated heterocycles. The second kappa shape index (κ2) is 7.48. The van der Waals surface area contributed by atoms with Crippen LogP contribution in [0, 0.1) is 0 Å². The molecule has 2 atom stereocenters. The van der Waals surface area contributed by atoms with Gasteiger partial charge in [0.1, 0.15) is 5.60 Å². The molecule has 0 amide bonds. The summed E-state index contributed by atoms with van der Waals surface area (Å²) in [6.45, 7) is 7.91. The van der Waals surface area contributed by atoms with Crippen molar-refractivity contribution in [3.8, 4) is 0 Å². The first-order valence-corrected chi connectivity index (χ1v) is 9.42. The van der Waals surface area contributed by atoms with Crippen molar-refractivity contribution in [2.45, 2.75) is 43.9 Å². The quantitative estimate of drug-likeness (QED) is 0.843. The van der Waals surface area contributed by atoms with Gasteiger partial charge in [0, 0.05) is 32.4 Å². The number of hydrogen-bond acceptors (Lipinski definition) is 5. The lowest BCUT2D eigenvalue weighted by Crippen LogP contribution is -2.45. The third kappa shape index (κ3) is 3.97. The molecule has 5 heteroatoms. The monoisotopic (exact) mass is 331 g/mol. The summed E-state index contributed by atoms with van der Waals surface area (Å²) in [6, 6.07) is 6.13. The zero-order valence-corrected chi connectivity index (χ0v) is 14.5. The van der Waals surface area contributed by atoms with Gasteiger partial charge in [0.2, 0.25) is 0 Å². The van der Waals surface area contributed by atoms with E-state index >= 15 is 0 Å². The maximum absolute atomic E-state index is 6.57. The summed E-state index contributed by atoms with van der Waals surface area (Å²) < 4.78 is 12.5. The van der Waals surface area contributed by atoms with Crippen molar-refractivity contribution in [2.75, 3.05) is 45.9 Å². The number of hydrogen-bond donors (Lipinski definition) is 0. The fraction of sp³-hybridized carbons (Fsp3) is 0.737. The largest absolute Gasteiger partial charge is 0.377 e. The Bertz CT molecular complexity index is 521. The van der Waals surface area contributed by atoms with E-state index in [0.717, 1.165) is 57.9 Å². The van der Waals surface area contributed by atoms with Gasteiger partial charge in [-0.25, -0.2) is 0 Å². The first-order chi connectivity index (χ1) is 11.8. The fourth-order valence-electron chi connectivity index (χ4n) is 4.34. The number of pyridine rings is 1. The molecule has 5 nitrogen and oxygen atoms in total. The molecule has 0 aromatic carbocycles. The highest BCUT2D eigenvalue weighted by molar-refractivity contribution is 5.04. The first-order valence-electron chi connectivity index (χ1n) is 9.42. The lowest BCUT2D eigenvalue weighted by Gasteiger charge is -2.32. The zero-order chi connectivity index (χ0) is 16.2. The number of rotatable bonds is 4. The van der Waals surface area contributed by atoms with E-state index in [1.165, 1.54) is 25.9 Å². The number of likely N-dealkylation sites (tertiary alicyclic amines) is 1. The number of ether oxygens (including phenoxy) is 2. The molecule has 0 radical (unpaired) electrons. The molecule has 4 rings (SSSR count). The van der Waals surface area contributed by atoms with Gasteiger partial charge in [0.25, 0.3) is 0 Å². The summed E-state index contributed by atoms with van der Waals surface area (Å²) in [5.41, 5.74) is 1.01. The van der Waals surface area contributed by atoms with Gasteiger partial charge in [0.05, 0.1) is 25.0 Å². The zero-order valence-electron chi connectivity index (χ0n) is 14.5. The molecule has 1 aromatic heterocycles. The summed E-state index contributed by atoms with van der Waals surface area (Å²) in [7, 11) is 0. The first kappa shape index (κ1) is 16.5. The van der Waals surface area contributed by atoms with Crippen molar-refractivity contribution in [2.24, 2.45) is 0 Å². The Labute approximate surface area is 144 Å². The molecule has 0 aliphatic carbocycles. The second-order valence-corrected chi connectivity index (χ2v) is 7.55. The van der Waals surface area contributed by atoms with Crippen LogP contribution in [0.2, 0.25) is 0 Å². The van der Waals surface area contributed by atoms with Crippen LogP contribution in [0.5, 0.6) is 0 Å². The molecule has 0 N–H and O–H groups in total. The van der Waals surface area contributed by atoms with Gasteiger partial charge >= 0.3 is 0 Å². The minimum Gasteiger partial charge on any atom is -0.377 e. The van der Waals surface area contributed by atoms with E-state index in [2.05, 4.69) is 26.9 Å². The summed E-state index contributed by atoms with van der Waals surface area (Å²) in [6.07, 6.45) is 7.22. The summed E-state index contributed by atoms with van der Waals surface area (Å²) in [4.78, 5) is 9.49. The molecule has 3 aliphatic heterocycles. The van der Waals surface area contributed by atoms with Crippen LogP contribution in [0.15, 0.2) is 24.4 Å². The van der Waals surface area contributed by atoms with Gasteiger partial charge in [-0.1, -0.05) is 6.07 Å². The Morgan fingerprint density at radius 1 is 1.17 bits per heavy atom.